The van der Waals surface area contributed by atoms with Crippen molar-refractivity contribution in [3.8, 4) is 0 Å². The molecule has 0 atom stereocenters. The van der Waals surface area contributed by atoms with Crippen LogP contribution in [0.3, 0.4) is 0 Å². The highest BCUT2D eigenvalue weighted by atomic mass is 16.1. The number of hydrogen-bond acceptors (Lipinski definition) is 3. The number of nitrogen functional groups attached to an aromatic ring is 1. The average molecular weight is 303 g/mol. The van der Waals surface area contributed by atoms with E-state index in [0.29, 0.717) is 46.3 Å². The molecular weight excluding hydrogens is 286 g/mol. The van der Waals surface area contributed by atoms with Crippen LogP contribution in [0.25, 0.3) is 0 Å². The van der Waals surface area contributed by atoms with Crippen molar-refractivity contribution in [1.82, 2.24) is 0 Å². The average Bonchev–Trinajstić information content (AvgIpc) is 2.55. The van der Waals surface area contributed by atoms with Gasteiger partial charge in [0.05, 0.1) is 0 Å². The Hall–Kier alpha value is -2.94. The quantitative estimate of drug-likeness (QED) is 0.593. The Bertz CT molecular complexity index is 862. The lowest BCUT2D eigenvalue weighted by Gasteiger charge is -2.22. The molecule has 0 bridgehead atoms. The van der Waals surface area contributed by atoms with Gasteiger partial charge in [-0.3, -0.25) is 9.59 Å². The summed E-state index contributed by atoms with van der Waals surface area (Å²) >= 11 is 0. The summed E-state index contributed by atoms with van der Waals surface area (Å²) in [6.45, 7) is 7.43. The van der Waals surface area contributed by atoms with E-state index in [4.69, 9.17) is 5.73 Å². The van der Waals surface area contributed by atoms with E-state index in [2.05, 4.69) is 13.2 Å². The molecule has 0 aliphatic heterocycles. The number of hydrogen-bond donors (Lipinski definition) is 1. The molecule has 2 aromatic carbocycles. The topological polar surface area (TPSA) is 60.2 Å². The molecule has 1 aliphatic rings. The maximum absolute atomic E-state index is 13.0. The molecule has 3 heteroatoms. The van der Waals surface area contributed by atoms with Crippen LogP contribution in [0.15, 0.2) is 55.6 Å². The van der Waals surface area contributed by atoms with Gasteiger partial charge in [0, 0.05) is 27.9 Å². The van der Waals surface area contributed by atoms with Crippen molar-refractivity contribution >= 4 is 17.3 Å². The summed E-state index contributed by atoms with van der Waals surface area (Å²) in [6.07, 6.45) is 4.42. The summed E-state index contributed by atoms with van der Waals surface area (Å²) in [4.78, 5) is 26.0. The van der Waals surface area contributed by atoms with Crippen molar-refractivity contribution in [2.75, 3.05) is 5.73 Å². The monoisotopic (exact) mass is 303 g/mol. The van der Waals surface area contributed by atoms with E-state index < -0.39 is 0 Å². The molecule has 0 saturated carbocycles. The molecule has 3 nitrogen and oxygen atoms in total. The molecule has 0 heterocycles. The SMILES string of the molecule is C=CCc1cccc2c1C(=O)c1ccc(N)c(CC=C)c1C2=O. The molecule has 0 radical (unpaired) electrons. The van der Waals surface area contributed by atoms with Gasteiger partial charge in [0.2, 0.25) is 0 Å². The van der Waals surface area contributed by atoms with Crippen LogP contribution in [0, 0.1) is 0 Å². The minimum absolute atomic E-state index is 0.127. The van der Waals surface area contributed by atoms with Gasteiger partial charge in [-0.1, -0.05) is 30.4 Å². The number of carbonyl (C=O) groups is 2. The van der Waals surface area contributed by atoms with Gasteiger partial charge in [-0.2, -0.15) is 0 Å². The van der Waals surface area contributed by atoms with Crippen LogP contribution >= 0.6 is 0 Å². The summed E-state index contributed by atoms with van der Waals surface area (Å²) in [5.41, 5.74) is 9.78. The summed E-state index contributed by atoms with van der Waals surface area (Å²) in [5, 5.41) is 0. The Morgan fingerprint density at radius 2 is 1.52 bits per heavy atom. The number of rotatable bonds is 4. The first kappa shape index (κ1) is 15.0. The fourth-order valence-corrected chi connectivity index (χ4v) is 3.13. The summed E-state index contributed by atoms with van der Waals surface area (Å²) in [7, 11) is 0. The molecule has 2 aromatic rings. The molecule has 1 aliphatic carbocycles. The van der Waals surface area contributed by atoms with Gasteiger partial charge in [-0.15, -0.1) is 13.2 Å². The van der Waals surface area contributed by atoms with Gasteiger partial charge >= 0.3 is 0 Å². The van der Waals surface area contributed by atoms with Gasteiger partial charge in [0.25, 0.3) is 0 Å². The number of ketones is 2. The van der Waals surface area contributed by atoms with E-state index >= 15 is 0 Å². The smallest absolute Gasteiger partial charge is 0.194 e. The molecular formula is C20H17NO2. The first-order valence-corrected chi connectivity index (χ1v) is 7.44. The lowest BCUT2D eigenvalue weighted by molar-refractivity contribution is 0.0978. The van der Waals surface area contributed by atoms with Crippen molar-refractivity contribution in [3.63, 3.8) is 0 Å². The van der Waals surface area contributed by atoms with E-state index in [-0.39, 0.29) is 11.6 Å². The van der Waals surface area contributed by atoms with Crippen LogP contribution in [0.1, 0.15) is 43.0 Å². The van der Waals surface area contributed by atoms with Crippen LogP contribution in [-0.4, -0.2) is 11.6 Å². The van der Waals surface area contributed by atoms with Gasteiger partial charge in [-0.25, -0.2) is 0 Å². The number of fused-ring (bicyclic) bond motifs is 2. The van der Waals surface area contributed by atoms with Gasteiger partial charge in [0.15, 0.2) is 11.6 Å². The minimum Gasteiger partial charge on any atom is -0.398 e. The maximum atomic E-state index is 13.0. The number of carbonyl (C=O) groups excluding carboxylic acids is 2. The third-order valence-electron chi connectivity index (χ3n) is 4.16. The Labute approximate surface area is 135 Å². The lowest BCUT2D eigenvalue weighted by Crippen LogP contribution is -2.24. The van der Waals surface area contributed by atoms with Crippen LogP contribution in [0.2, 0.25) is 0 Å². The standard InChI is InChI=1S/C20H17NO2/c1-3-6-12-8-5-9-14-17(12)19(22)15-10-11-16(21)13(7-4-2)18(15)20(14)23/h3-5,8-11H,1-2,6-7,21H2. The summed E-state index contributed by atoms with van der Waals surface area (Å²) in [5.74, 6) is -0.276. The molecule has 23 heavy (non-hydrogen) atoms. The van der Waals surface area contributed by atoms with E-state index in [1.807, 2.05) is 6.07 Å². The van der Waals surface area contributed by atoms with Crippen LogP contribution in [0.5, 0.6) is 0 Å². The highest BCUT2D eigenvalue weighted by molar-refractivity contribution is 6.29. The molecule has 114 valence electrons. The molecule has 2 N–H and O–H groups in total. The summed E-state index contributed by atoms with van der Waals surface area (Å²) < 4.78 is 0. The highest BCUT2D eigenvalue weighted by Gasteiger charge is 2.33. The zero-order valence-corrected chi connectivity index (χ0v) is 12.8. The fraction of sp³-hybridized carbons (Fsp3) is 0.100. The third kappa shape index (κ3) is 2.21. The highest BCUT2D eigenvalue weighted by Crippen LogP contribution is 2.34. The van der Waals surface area contributed by atoms with Gasteiger partial charge < -0.3 is 5.73 Å². The summed E-state index contributed by atoms with van der Waals surface area (Å²) in [6, 6.07) is 8.69. The first-order valence-electron chi connectivity index (χ1n) is 7.44. The van der Waals surface area contributed by atoms with Crippen LogP contribution in [-0.2, 0) is 12.8 Å². The second-order valence-electron chi connectivity index (χ2n) is 5.54. The van der Waals surface area contributed by atoms with E-state index in [0.717, 1.165) is 5.56 Å². The third-order valence-corrected chi connectivity index (χ3v) is 4.16. The number of nitrogens with two attached hydrogens (primary N) is 1. The largest absolute Gasteiger partial charge is 0.398 e. The first-order chi connectivity index (χ1) is 11.1. The molecule has 0 amide bonds. The Morgan fingerprint density at radius 1 is 0.870 bits per heavy atom. The van der Waals surface area contributed by atoms with E-state index in [1.165, 1.54) is 0 Å². The molecule has 0 spiro atoms. The van der Waals surface area contributed by atoms with Crippen LogP contribution in [0.4, 0.5) is 5.69 Å². The lowest BCUT2D eigenvalue weighted by atomic mass is 9.78. The van der Waals surface area contributed by atoms with Crippen LogP contribution < -0.4 is 5.73 Å². The Kier molecular flexibility index (Phi) is 3.70. The number of anilines is 1. The molecule has 0 unspecified atom stereocenters. The zero-order valence-electron chi connectivity index (χ0n) is 12.8. The molecule has 0 saturated heterocycles. The molecule has 3 rings (SSSR count). The predicted molar refractivity (Wildman–Crippen MR) is 92.0 cm³/mol. The number of allylic oxidation sites excluding steroid dienone is 2. The van der Waals surface area contributed by atoms with Crippen molar-refractivity contribution in [2.24, 2.45) is 0 Å². The number of benzene rings is 2. The normalized spacial score (nSPS) is 12.5. The fourth-order valence-electron chi connectivity index (χ4n) is 3.13. The zero-order chi connectivity index (χ0) is 16.6. The second kappa shape index (κ2) is 5.69. The Balaban J connectivity index is 2.31. The van der Waals surface area contributed by atoms with Crippen molar-refractivity contribution < 1.29 is 9.59 Å². The van der Waals surface area contributed by atoms with Gasteiger partial charge in [0.1, 0.15) is 0 Å². The predicted octanol–water partition coefficient (Wildman–Crippen LogP) is 3.50. The van der Waals surface area contributed by atoms with Crippen molar-refractivity contribution in [3.05, 3.63) is 89.0 Å². The minimum atomic E-state index is -0.148. The van der Waals surface area contributed by atoms with E-state index in [1.54, 1.807) is 36.4 Å². The van der Waals surface area contributed by atoms with Crippen molar-refractivity contribution in [1.29, 1.82) is 0 Å². The van der Waals surface area contributed by atoms with E-state index in [9.17, 15) is 9.59 Å². The second-order valence-corrected chi connectivity index (χ2v) is 5.54. The maximum Gasteiger partial charge on any atom is 0.194 e. The van der Waals surface area contributed by atoms with Gasteiger partial charge in [-0.05, 0) is 36.1 Å². The Morgan fingerprint density at radius 3 is 2.22 bits per heavy atom. The molecule has 0 aromatic heterocycles. The molecule has 0 fully saturated rings. The van der Waals surface area contributed by atoms with Crippen molar-refractivity contribution in [2.45, 2.75) is 12.8 Å².